The number of amides is 1. The number of carbonyl (C=O) groups excluding carboxylic acids is 1. The van der Waals surface area contributed by atoms with Crippen molar-refractivity contribution in [2.24, 2.45) is 5.84 Å². The van der Waals surface area contributed by atoms with E-state index in [0.717, 1.165) is 16.5 Å². The highest BCUT2D eigenvalue weighted by Crippen LogP contribution is 2.20. The van der Waals surface area contributed by atoms with E-state index >= 15 is 0 Å². The fourth-order valence-corrected chi connectivity index (χ4v) is 2.31. The van der Waals surface area contributed by atoms with E-state index in [1.807, 2.05) is 54.6 Å². The van der Waals surface area contributed by atoms with Gasteiger partial charge in [0.25, 0.3) is 5.91 Å². The van der Waals surface area contributed by atoms with Gasteiger partial charge < -0.3 is 10.7 Å². The lowest BCUT2D eigenvalue weighted by Crippen LogP contribution is -2.23. The summed E-state index contributed by atoms with van der Waals surface area (Å²) < 4.78 is 0. The van der Waals surface area contributed by atoms with Crippen LogP contribution in [0.25, 0.3) is 10.9 Å². The number of nitrogens with one attached hydrogen (secondary N) is 2. The molecule has 2 aromatic carbocycles. The Morgan fingerprint density at radius 3 is 2.55 bits per heavy atom. The Labute approximate surface area is 128 Å². The SMILES string of the molecule is NNc1cc(C(=O)NCc2ccccc2)c2ccccc2n1. The summed E-state index contributed by atoms with van der Waals surface area (Å²) >= 11 is 0. The minimum atomic E-state index is -0.154. The summed E-state index contributed by atoms with van der Waals surface area (Å²) in [5, 5.41) is 3.72. The van der Waals surface area contributed by atoms with E-state index in [9.17, 15) is 4.79 Å². The maximum atomic E-state index is 12.5. The van der Waals surface area contributed by atoms with E-state index in [2.05, 4.69) is 15.7 Å². The van der Waals surface area contributed by atoms with Crippen molar-refractivity contribution in [1.29, 1.82) is 0 Å². The lowest BCUT2D eigenvalue weighted by atomic mass is 10.1. The van der Waals surface area contributed by atoms with E-state index in [0.29, 0.717) is 17.9 Å². The normalized spacial score (nSPS) is 10.4. The molecule has 22 heavy (non-hydrogen) atoms. The number of fused-ring (bicyclic) bond motifs is 1. The minimum absolute atomic E-state index is 0.154. The smallest absolute Gasteiger partial charge is 0.252 e. The third-order valence-corrected chi connectivity index (χ3v) is 3.40. The quantitative estimate of drug-likeness (QED) is 0.510. The molecule has 0 atom stereocenters. The number of benzene rings is 2. The molecule has 0 unspecified atom stereocenters. The van der Waals surface area contributed by atoms with Crippen LogP contribution in [0, 0.1) is 0 Å². The molecule has 0 bridgehead atoms. The number of nitrogen functional groups attached to an aromatic ring is 1. The molecule has 4 N–H and O–H groups in total. The molecule has 1 amide bonds. The van der Waals surface area contributed by atoms with Gasteiger partial charge in [-0.3, -0.25) is 4.79 Å². The maximum absolute atomic E-state index is 12.5. The molecule has 0 fully saturated rings. The number of hydrogen-bond acceptors (Lipinski definition) is 4. The van der Waals surface area contributed by atoms with Gasteiger partial charge in [0.2, 0.25) is 0 Å². The third-order valence-electron chi connectivity index (χ3n) is 3.40. The topological polar surface area (TPSA) is 80.0 Å². The molecule has 1 heterocycles. The lowest BCUT2D eigenvalue weighted by molar-refractivity contribution is 0.0952. The standard InChI is InChI=1S/C17H16N4O/c18-21-16-10-14(13-8-4-5-9-15(13)20-16)17(22)19-11-12-6-2-1-3-7-12/h1-10H,11,18H2,(H,19,22)(H,20,21). The highest BCUT2D eigenvalue weighted by Gasteiger charge is 2.12. The number of pyridine rings is 1. The molecule has 3 aromatic rings. The highest BCUT2D eigenvalue weighted by molar-refractivity contribution is 6.06. The molecule has 0 aliphatic heterocycles. The molecular weight excluding hydrogens is 276 g/mol. The zero-order valence-corrected chi connectivity index (χ0v) is 11.9. The first-order valence-electron chi connectivity index (χ1n) is 6.96. The van der Waals surface area contributed by atoms with Crippen molar-refractivity contribution in [3.63, 3.8) is 0 Å². The number of hydrogen-bond donors (Lipinski definition) is 3. The fraction of sp³-hybridized carbons (Fsp3) is 0.0588. The summed E-state index contributed by atoms with van der Waals surface area (Å²) in [4.78, 5) is 16.8. The number of hydrazine groups is 1. The predicted octanol–water partition coefficient (Wildman–Crippen LogP) is 2.45. The average Bonchev–Trinajstić information content (AvgIpc) is 2.59. The molecule has 0 aliphatic carbocycles. The van der Waals surface area contributed by atoms with Gasteiger partial charge in [0.05, 0.1) is 11.1 Å². The van der Waals surface area contributed by atoms with Crippen molar-refractivity contribution in [1.82, 2.24) is 10.3 Å². The molecule has 0 aliphatic rings. The second-order valence-electron chi connectivity index (χ2n) is 4.88. The monoisotopic (exact) mass is 292 g/mol. The van der Waals surface area contributed by atoms with Gasteiger partial charge >= 0.3 is 0 Å². The molecule has 0 spiro atoms. The summed E-state index contributed by atoms with van der Waals surface area (Å²) in [5.41, 5.74) is 4.82. The molecule has 0 radical (unpaired) electrons. The molecule has 5 heteroatoms. The van der Waals surface area contributed by atoms with Crippen molar-refractivity contribution in [3.05, 3.63) is 71.8 Å². The van der Waals surface area contributed by atoms with Gasteiger partial charge in [0.1, 0.15) is 5.82 Å². The van der Waals surface area contributed by atoms with Gasteiger partial charge in [-0.1, -0.05) is 48.5 Å². The summed E-state index contributed by atoms with van der Waals surface area (Å²) in [6.45, 7) is 0.474. The average molecular weight is 292 g/mol. The number of rotatable bonds is 4. The molecule has 110 valence electrons. The van der Waals surface area contributed by atoms with Gasteiger partial charge in [-0.25, -0.2) is 10.8 Å². The van der Waals surface area contributed by atoms with Gasteiger partial charge in [-0.15, -0.1) is 0 Å². The Morgan fingerprint density at radius 2 is 1.77 bits per heavy atom. The first-order valence-corrected chi connectivity index (χ1v) is 6.96. The van der Waals surface area contributed by atoms with Gasteiger partial charge in [-0.2, -0.15) is 0 Å². The molecular formula is C17H16N4O. The Bertz CT molecular complexity index is 802. The van der Waals surface area contributed by atoms with Crippen molar-refractivity contribution in [2.75, 3.05) is 5.43 Å². The van der Waals surface area contributed by atoms with Crippen molar-refractivity contribution in [3.8, 4) is 0 Å². The van der Waals surface area contributed by atoms with Crippen LogP contribution in [0.1, 0.15) is 15.9 Å². The maximum Gasteiger partial charge on any atom is 0.252 e. The van der Waals surface area contributed by atoms with Crippen LogP contribution in [0.15, 0.2) is 60.7 Å². The van der Waals surface area contributed by atoms with Crippen LogP contribution in [0.2, 0.25) is 0 Å². The number of aromatic nitrogens is 1. The van der Waals surface area contributed by atoms with Crippen molar-refractivity contribution < 1.29 is 4.79 Å². The van der Waals surface area contributed by atoms with Crippen LogP contribution in [0.4, 0.5) is 5.82 Å². The molecule has 5 nitrogen and oxygen atoms in total. The number of para-hydroxylation sites is 1. The minimum Gasteiger partial charge on any atom is -0.348 e. The number of carbonyl (C=O) groups is 1. The molecule has 1 aromatic heterocycles. The predicted molar refractivity (Wildman–Crippen MR) is 87.2 cm³/mol. The van der Waals surface area contributed by atoms with Crippen molar-refractivity contribution >= 4 is 22.6 Å². The van der Waals surface area contributed by atoms with Crippen LogP contribution in [0.5, 0.6) is 0 Å². The summed E-state index contributed by atoms with van der Waals surface area (Å²) in [7, 11) is 0. The summed E-state index contributed by atoms with van der Waals surface area (Å²) in [6.07, 6.45) is 0. The van der Waals surface area contributed by atoms with Crippen LogP contribution < -0.4 is 16.6 Å². The number of nitrogens with two attached hydrogens (primary N) is 1. The summed E-state index contributed by atoms with van der Waals surface area (Å²) in [6, 6.07) is 18.9. The van der Waals surface area contributed by atoms with E-state index in [1.165, 1.54) is 0 Å². The first-order chi connectivity index (χ1) is 10.8. The Morgan fingerprint density at radius 1 is 1.05 bits per heavy atom. The second kappa shape index (κ2) is 6.24. The summed E-state index contributed by atoms with van der Waals surface area (Å²) in [5.74, 6) is 5.74. The number of anilines is 1. The fourth-order valence-electron chi connectivity index (χ4n) is 2.31. The first kappa shape index (κ1) is 14.0. The van der Waals surface area contributed by atoms with Gasteiger partial charge in [-0.05, 0) is 17.7 Å². The zero-order chi connectivity index (χ0) is 15.4. The number of nitrogens with zero attached hydrogens (tertiary/aromatic N) is 1. The van der Waals surface area contributed by atoms with Crippen molar-refractivity contribution in [2.45, 2.75) is 6.54 Å². The third kappa shape index (κ3) is 2.89. The molecule has 0 saturated heterocycles. The highest BCUT2D eigenvalue weighted by atomic mass is 16.1. The second-order valence-corrected chi connectivity index (χ2v) is 4.88. The zero-order valence-electron chi connectivity index (χ0n) is 11.9. The van der Waals surface area contributed by atoms with Gasteiger partial charge in [0.15, 0.2) is 0 Å². The van der Waals surface area contributed by atoms with Gasteiger partial charge in [0, 0.05) is 11.9 Å². The van der Waals surface area contributed by atoms with Crippen LogP contribution in [-0.2, 0) is 6.54 Å². The molecule has 3 rings (SSSR count). The van der Waals surface area contributed by atoms with Crippen LogP contribution >= 0.6 is 0 Å². The van der Waals surface area contributed by atoms with Crippen LogP contribution in [0.3, 0.4) is 0 Å². The van der Waals surface area contributed by atoms with Crippen LogP contribution in [-0.4, -0.2) is 10.9 Å². The Kier molecular flexibility index (Phi) is 3.98. The van der Waals surface area contributed by atoms with E-state index < -0.39 is 0 Å². The van der Waals surface area contributed by atoms with E-state index in [4.69, 9.17) is 5.84 Å². The Balaban J connectivity index is 1.89. The molecule has 0 saturated carbocycles. The lowest BCUT2D eigenvalue weighted by Gasteiger charge is -2.10. The largest absolute Gasteiger partial charge is 0.348 e. The Hall–Kier alpha value is -2.92. The van der Waals surface area contributed by atoms with E-state index in [1.54, 1.807) is 6.07 Å². The van der Waals surface area contributed by atoms with E-state index in [-0.39, 0.29) is 5.91 Å².